The molecule has 1 unspecified atom stereocenters. The lowest BCUT2D eigenvalue weighted by Crippen LogP contribution is -2.35. The number of fused-ring (bicyclic) bond motifs is 2. The molecule has 3 heteroatoms. The Morgan fingerprint density at radius 2 is 1.38 bits per heavy atom. The van der Waals surface area contributed by atoms with Gasteiger partial charge in [-0.25, -0.2) is 0 Å². The third kappa shape index (κ3) is 2.57. The maximum absolute atomic E-state index is 6.49. The highest BCUT2D eigenvalue weighted by Crippen LogP contribution is 2.58. The molecular formula is C10H19INP. The van der Waals surface area contributed by atoms with Crippen LogP contribution < -0.4 is 5.73 Å². The Kier molecular flexibility index (Phi) is 3.22. The minimum absolute atomic E-state index is 0.230. The Morgan fingerprint density at radius 1 is 0.923 bits per heavy atom. The van der Waals surface area contributed by atoms with Crippen molar-refractivity contribution in [2.45, 2.75) is 59.8 Å². The van der Waals surface area contributed by atoms with Crippen molar-refractivity contribution in [1.82, 2.24) is 0 Å². The molecular weight excluding hydrogens is 292 g/mol. The number of alkyl halides is 1. The molecule has 2 bridgehead atoms. The van der Waals surface area contributed by atoms with E-state index in [-0.39, 0.29) is 5.28 Å². The second-order valence-electron chi connectivity index (χ2n) is 4.66. The molecule has 0 spiro atoms. The molecule has 2 N–H and O–H groups in total. The van der Waals surface area contributed by atoms with Gasteiger partial charge in [0.2, 0.25) is 0 Å². The minimum Gasteiger partial charge on any atom is -0.322 e. The number of rotatable bonds is 0. The van der Waals surface area contributed by atoms with Gasteiger partial charge in [0.15, 0.2) is 0 Å². The maximum atomic E-state index is 6.49. The first-order valence-corrected chi connectivity index (χ1v) is 7.47. The third-order valence-corrected chi connectivity index (χ3v) is 7.20. The molecule has 76 valence electrons. The van der Waals surface area contributed by atoms with Crippen molar-refractivity contribution in [3.8, 4) is 0 Å². The summed E-state index contributed by atoms with van der Waals surface area (Å²) in [5, 5.41) is 0.230. The zero-order valence-corrected chi connectivity index (χ0v) is 11.3. The second kappa shape index (κ2) is 3.94. The van der Waals surface area contributed by atoms with E-state index in [9.17, 15) is 0 Å². The summed E-state index contributed by atoms with van der Waals surface area (Å²) >= 11 is 2.71. The van der Waals surface area contributed by atoms with Gasteiger partial charge in [0.05, 0.1) is 0 Å². The van der Waals surface area contributed by atoms with Crippen LogP contribution in [0.25, 0.3) is 0 Å². The van der Waals surface area contributed by atoms with Gasteiger partial charge in [-0.15, -0.1) is 0 Å². The van der Waals surface area contributed by atoms with Gasteiger partial charge in [0, 0.05) is 8.44 Å². The molecule has 13 heavy (non-hydrogen) atoms. The normalized spacial score (nSPS) is 48.5. The first-order valence-electron chi connectivity index (χ1n) is 5.39. The van der Waals surface area contributed by atoms with Gasteiger partial charge in [0.1, 0.15) is 0 Å². The van der Waals surface area contributed by atoms with Crippen LogP contribution in [0.2, 0.25) is 0 Å². The van der Waals surface area contributed by atoms with Crippen LogP contribution in [-0.4, -0.2) is 8.44 Å². The molecule has 0 aromatic rings. The lowest BCUT2D eigenvalue weighted by atomic mass is 9.98. The van der Waals surface area contributed by atoms with Crippen LogP contribution in [0.15, 0.2) is 0 Å². The molecule has 2 aliphatic rings. The fraction of sp³-hybridized carbons (Fsp3) is 1.00. The third-order valence-electron chi connectivity index (χ3n) is 3.36. The summed E-state index contributed by atoms with van der Waals surface area (Å²) in [6.45, 7) is 0. The summed E-state index contributed by atoms with van der Waals surface area (Å²) < 4.78 is 0.583. The molecule has 1 atom stereocenters. The minimum atomic E-state index is 0.230. The van der Waals surface area contributed by atoms with Crippen molar-refractivity contribution < 1.29 is 0 Å². The Hall–Kier alpha value is 1.12. The number of hydrogen-bond donors (Lipinski definition) is 1. The van der Waals surface area contributed by atoms with Gasteiger partial charge >= 0.3 is 0 Å². The summed E-state index contributed by atoms with van der Waals surface area (Å²) in [6.07, 6.45) is 11.0. The van der Waals surface area contributed by atoms with Crippen LogP contribution in [0.1, 0.15) is 51.4 Å². The second-order valence-corrected chi connectivity index (χ2v) is 9.95. The quantitative estimate of drug-likeness (QED) is 0.413. The van der Waals surface area contributed by atoms with Crippen molar-refractivity contribution in [3.63, 3.8) is 0 Å². The van der Waals surface area contributed by atoms with Crippen molar-refractivity contribution >= 4 is 31.2 Å². The van der Waals surface area contributed by atoms with Crippen LogP contribution in [0, 0.1) is 0 Å². The monoisotopic (exact) mass is 311 g/mol. The van der Waals surface area contributed by atoms with Gasteiger partial charge in [0.25, 0.3) is 0 Å². The Labute approximate surface area is 96.5 Å². The van der Waals surface area contributed by atoms with Crippen molar-refractivity contribution in [1.29, 1.82) is 0 Å². The average Bonchev–Trinajstić information content (AvgIpc) is 2.29. The zero-order chi connectivity index (χ0) is 9.36. The van der Waals surface area contributed by atoms with Gasteiger partial charge in [-0.3, -0.25) is 0 Å². The van der Waals surface area contributed by atoms with Crippen molar-refractivity contribution in [3.05, 3.63) is 0 Å². The number of hydrogen-bond acceptors (Lipinski definition) is 1. The van der Waals surface area contributed by atoms with E-state index in [2.05, 4.69) is 22.6 Å². The van der Waals surface area contributed by atoms with Gasteiger partial charge in [-0.1, -0.05) is 56.9 Å². The van der Waals surface area contributed by atoms with E-state index < -0.39 is 0 Å². The molecule has 1 nitrogen and oxygen atoms in total. The molecule has 0 aromatic carbocycles. The van der Waals surface area contributed by atoms with Gasteiger partial charge in [-0.2, -0.15) is 0 Å². The lowest BCUT2D eigenvalue weighted by molar-refractivity contribution is 0.459. The highest BCUT2D eigenvalue weighted by molar-refractivity contribution is 14.1. The smallest absolute Gasteiger partial charge is 0.0409 e. The summed E-state index contributed by atoms with van der Waals surface area (Å²) in [5.41, 5.74) is 6.49. The van der Waals surface area contributed by atoms with Crippen molar-refractivity contribution in [2.75, 3.05) is 0 Å². The fourth-order valence-electron chi connectivity index (χ4n) is 2.64. The predicted octanol–water partition coefficient (Wildman–Crippen LogP) is 3.60. The molecule has 0 aliphatic carbocycles. The molecule has 0 radical (unpaired) electrons. The summed E-state index contributed by atoms with van der Waals surface area (Å²) in [6, 6.07) is 0. The Morgan fingerprint density at radius 3 is 1.92 bits per heavy atom. The van der Waals surface area contributed by atoms with Gasteiger partial charge in [-0.05, 0) is 25.7 Å². The van der Waals surface area contributed by atoms with E-state index in [1.807, 2.05) is 0 Å². The fourth-order valence-corrected chi connectivity index (χ4v) is 7.11. The first-order chi connectivity index (χ1) is 6.12. The van der Waals surface area contributed by atoms with E-state index in [0.717, 1.165) is 8.58 Å². The number of nitrogens with two attached hydrogens (primary N) is 1. The average molecular weight is 311 g/mol. The van der Waals surface area contributed by atoms with E-state index in [1.165, 1.54) is 51.4 Å². The van der Waals surface area contributed by atoms with E-state index >= 15 is 0 Å². The molecule has 0 amide bonds. The topological polar surface area (TPSA) is 26.0 Å². The molecule has 2 rings (SSSR count). The van der Waals surface area contributed by atoms with Crippen molar-refractivity contribution in [2.24, 2.45) is 5.73 Å². The summed E-state index contributed by atoms with van der Waals surface area (Å²) in [5.74, 6) is 0. The van der Waals surface area contributed by atoms with Crippen LogP contribution in [-0.2, 0) is 0 Å². The summed E-state index contributed by atoms with van der Waals surface area (Å²) in [4.78, 5) is 0. The highest BCUT2D eigenvalue weighted by Gasteiger charge is 2.40. The Balaban J connectivity index is 2.18. The van der Waals surface area contributed by atoms with E-state index in [4.69, 9.17) is 5.73 Å². The van der Waals surface area contributed by atoms with Crippen LogP contribution >= 0.6 is 31.2 Å². The molecule has 2 aliphatic heterocycles. The zero-order valence-electron chi connectivity index (χ0n) is 8.11. The lowest BCUT2D eigenvalue weighted by Gasteiger charge is -2.33. The Bertz CT molecular complexity index is 163. The summed E-state index contributed by atoms with van der Waals surface area (Å²) in [7, 11) is 1.01. The van der Waals surface area contributed by atoms with Crippen LogP contribution in [0.5, 0.6) is 0 Å². The largest absolute Gasteiger partial charge is 0.322 e. The number of halogens is 1. The molecule has 2 fully saturated rings. The van der Waals surface area contributed by atoms with E-state index in [0.29, 0.717) is 3.16 Å². The molecule has 0 saturated carbocycles. The van der Waals surface area contributed by atoms with E-state index in [1.54, 1.807) is 0 Å². The standard InChI is InChI=1S/C10H19INP/c11-9-5-1-3-7-10(12,13-9)8-4-2-6-9/h13H,1-8,12H2. The predicted molar refractivity (Wildman–Crippen MR) is 68.9 cm³/mol. The van der Waals surface area contributed by atoms with Gasteiger partial charge < -0.3 is 5.73 Å². The molecule has 2 saturated heterocycles. The molecule has 2 heterocycles. The molecule has 0 aromatic heterocycles. The maximum Gasteiger partial charge on any atom is 0.0409 e. The first kappa shape index (κ1) is 10.6. The van der Waals surface area contributed by atoms with Crippen LogP contribution in [0.4, 0.5) is 0 Å². The highest BCUT2D eigenvalue weighted by atomic mass is 127. The van der Waals surface area contributed by atoms with Crippen LogP contribution in [0.3, 0.4) is 0 Å². The SMILES string of the molecule is NC12CCCCC(I)(CCCC1)P2.